The van der Waals surface area contributed by atoms with Gasteiger partial charge in [-0.05, 0) is 48.4 Å². The number of hydrogen-bond acceptors (Lipinski definition) is 5. The van der Waals surface area contributed by atoms with Crippen molar-refractivity contribution in [1.82, 2.24) is 15.1 Å². The molecule has 1 aromatic heterocycles. The number of hydrogen-bond donors (Lipinski definition) is 2. The highest BCUT2D eigenvalue weighted by Crippen LogP contribution is 2.41. The van der Waals surface area contributed by atoms with Gasteiger partial charge in [0.2, 0.25) is 6.79 Å². The topological polar surface area (TPSA) is 103 Å². The second-order valence-electron chi connectivity index (χ2n) is 7.97. The third-order valence-corrected chi connectivity index (χ3v) is 5.96. The van der Waals surface area contributed by atoms with Gasteiger partial charge in [-0.15, -0.1) is 0 Å². The number of carbonyl (C=O) groups is 2. The largest absolute Gasteiger partial charge is 0.478 e. The number of halogens is 1. The second-order valence-corrected chi connectivity index (χ2v) is 8.41. The van der Waals surface area contributed by atoms with Crippen LogP contribution in [0.2, 0.25) is 5.02 Å². The molecule has 0 saturated carbocycles. The van der Waals surface area contributed by atoms with Crippen LogP contribution in [0.5, 0.6) is 11.5 Å². The second kappa shape index (κ2) is 8.72. The van der Waals surface area contributed by atoms with E-state index in [0.29, 0.717) is 39.5 Å². The molecular formula is C25H20ClN3O5. The number of carbonyl (C=O) groups excluding carboxylic acids is 1. The minimum absolute atomic E-state index is 0.0707. The van der Waals surface area contributed by atoms with Gasteiger partial charge in [0.25, 0.3) is 5.91 Å². The highest BCUT2D eigenvalue weighted by atomic mass is 35.5. The van der Waals surface area contributed by atoms with Crippen molar-refractivity contribution in [2.45, 2.75) is 19.5 Å². The Morgan fingerprint density at radius 3 is 2.71 bits per heavy atom. The molecule has 1 aliphatic rings. The van der Waals surface area contributed by atoms with E-state index in [1.165, 1.54) is 12.1 Å². The van der Waals surface area contributed by atoms with Crippen LogP contribution in [0.1, 0.15) is 44.8 Å². The lowest BCUT2D eigenvalue weighted by Crippen LogP contribution is -2.27. The zero-order valence-corrected chi connectivity index (χ0v) is 18.9. The highest BCUT2D eigenvalue weighted by molar-refractivity contribution is 6.30. The minimum atomic E-state index is -1.00. The Kier molecular flexibility index (Phi) is 5.59. The first-order valence-electron chi connectivity index (χ1n) is 10.6. The van der Waals surface area contributed by atoms with Gasteiger partial charge in [0, 0.05) is 5.02 Å². The molecule has 0 spiro atoms. The molecule has 0 fully saturated rings. The average molecular weight is 478 g/mol. The number of carboxylic acids is 1. The zero-order valence-electron chi connectivity index (χ0n) is 18.1. The number of benzene rings is 3. The van der Waals surface area contributed by atoms with Crippen molar-refractivity contribution in [3.63, 3.8) is 0 Å². The maximum Gasteiger partial charge on any atom is 0.335 e. The standard InChI is InChI=1S/C25H20ClN3O5/c1-14(16-5-7-17(8-6-16)25(31)32)28-24(30)19-10-21-23(34-13-33-21)20-11-27-29(22(19)20)12-15-3-2-4-18(26)9-15/h2-11,14H,12-13H2,1H3,(H,28,30)(H,31,32)/t14-/m0/s1. The number of aromatic nitrogens is 2. The molecule has 0 bridgehead atoms. The summed E-state index contributed by atoms with van der Waals surface area (Å²) in [6, 6.07) is 15.2. The third-order valence-electron chi connectivity index (χ3n) is 5.73. The van der Waals surface area contributed by atoms with Crippen LogP contribution in [-0.4, -0.2) is 33.6 Å². The quantitative estimate of drug-likeness (QED) is 0.419. The zero-order chi connectivity index (χ0) is 23.8. The molecule has 172 valence electrons. The highest BCUT2D eigenvalue weighted by Gasteiger charge is 2.26. The summed E-state index contributed by atoms with van der Waals surface area (Å²) in [7, 11) is 0. The van der Waals surface area contributed by atoms with E-state index < -0.39 is 5.97 Å². The van der Waals surface area contributed by atoms with Gasteiger partial charge in [-0.25, -0.2) is 4.79 Å². The Balaban J connectivity index is 1.50. The van der Waals surface area contributed by atoms with Crippen molar-refractivity contribution in [2.75, 3.05) is 6.79 Å². The van der Waals surface area contributed by atoms with Crippen LogP contribution in [0.15, 0.2) is 60.8 Å². The summed E-state index contributed by atoms with van der Waals surface area (Å²) in [6.07, 6.45) is 1.66. The molecule has 4 aromatic rings. The van der Waals surface area contributed by atoms with E-state index in [9.17, 15) is 9.59 Å². The monoisotopic (exact) mass is 477 g/mol. The molecule has 5 rings (SSSR count). The smallest absolute Gasteiger partial charge is 0.335 e. The van der Waals surface area contributed by atoms with E-state index in [0.717, 1.165) is 11.1 Å². The first kappa shape index (κ1) is 21.8. The summed E-state index contributed by atoms with van der Waals surface area (Å²) >= 11 is 6.14. The summed E-state index contributed by atoms with van der Waals surface area (Å²) in [5.41, 5.74) is 2.92. The summed E-state index contributed by atoms with van der Waals surface area (Å²) in [6.45, 7) is 2.32. The lowest BCUT2D eigenvalue weighted by Gasteiger charge is -2.16. The molecule has 1 aliphatic heterocycles. The van der Waals surface area contributed by atoms with Crippen LogP contribution in [0.4, 0.5) is 0 Å². The Hall–Kier alpha value is -4.04. The third kappa shape index (κ3) is 4.04. The maximum absolute atomic E-state index is 13.4. The van der Waals surface area contributed by atoms with E-state index in [4.69, 9.17) is 26.2 Å². The molecule has 9 heteroatoms. The molecule has 0 aliphatic carbocycles. The minimum Gasteiger partial charge on any atom is -0.478 e. The van der Waals surface area contributed by atoms with E-state index in [1.807, 2.05) is 25.1 Å². The fourth-order valence-electron chi connectivity index (χ4n) is 4.01. The number of aromatic carboxylic acids is 1. The van der Waals surface area contributed by atoms with Gasteiger partial charge in [0.15, 0.2) is 11.5 Å². The fraction of sp³-hybridized carbons (Fsp3) is 0.160. The number of ether oxygens (including phenoxy) is 2. The predicted octanol–water partition coefficient (Wildman–Crippen LogP) is 4.66. The van der Waals surface area contributed by atoms with Crippen LogP contribution in [0.3, 0.4) is 0 Å². The number of rotatable bonds is 6. The van der Waals surface area contributed by atoms with Crippen LogP contribution in [-0.2, 0) is 6.54 Å². The Bertz CT molecular complexity index is 1410. The van der Waals surface area contributed by atoms with Crippen LogP contribution >= 0.6 is 11.6 Å². The Labute approximate surface area is 199 Å². The lowest BCUT2D eigenvalue weighted by atomic mass is 10.0. The van der Waals surface area contributed by atoms with Gasteiger partial charge in [-0.3, -0.25) is 9.48 Å². The normalized spacial score (nSPS) is 13.1. The molecule has 0 saturated heterocycles. The number of fused-ring (bicyclic) bond motifs is 3. The van der Waals surface area contributed by atoms with Gasteiger partial charge in [-0.2, -0.15) is 5.10 Å². The van der Waals surface area contributed by atoms with Crippen molar-refractivity contribution in [1.29, 1.82) is 0 Å². The fourth-order valence-corrected chi connectivity index (χ4v) is 4.23. The first-order valence-corrected chi connectivity index (χ1v) is 10.9. The summed E-state index contributed by atoms with van der Waals surface area (Å²) in [5.74, 6) is -0.274. The van der Waals surface area contributed by atoms with Crippen molar-refractivity contribution in [3.8, 4) is 11.5 Å². The SMILES string of the molecule is C[C@H](NC(=O)c1cc2c(c3cnn(Cc4cccc(Cl)c4)c13)OCO2)c1ccc(C(=O)O)cc1. The molecule has 1 amide bonds. The summed E-state index contributed by atoms with van der Waals surface area (Å²) in [4.78, 5) is 24.5. The first-order chi connectivity index (χ1) is 16.4. The van der Waals surface area contributed by atoms with Crippen LogP contribution < -0.4 is 14.8 Å². The average Bonchev–Trinajstić information content (AvgIpc) is 3.45. The van der Waals surface area contributed by atoms with E-state index in [2.05, 4.69) is 10.4 Å². The van der Waals surface area contributed by atoms with Crippen LogP contribution in [0, 0.1) is 0 Å². The van der Waals surface area contributed by atoms with E-state index in [-0.39, 0.29) is 24.3 Å². The molecule has 3 aromatic carbocycles. The van der Waals surface area contributed by atoms with Gasteiger partial charge in [-0.1, -0.05) is 35.9 Å². The van der Waals surface area contributed by atoms with E-state index >= 15 is 0 Å². The predicted molar refractivity (Wildman–Crippen MR) is 126 cm³/mol. The van der Waals surface area contributed by atoms with Gasteiger partial charge in [0.1, 0.15) is 0 Å². The van der Waals surface area contributed by atoms with Crippen molar-refractivity contribution < 1.29 is 24.2 Å². The molecule has 2 heterocycles. The van der Waals surface area contributed by atoms with E-state index in [1.54, 1.807) is 35.1 Å². The number of amides is 1. The van der Waals surface area contributed by atoms with Gasteiger partial charge in [0.05, 0.1) is 40.8 Å². The van der Waals surface area contributed by atoms with Gasteiger partial charge < -0.3 is 19.9 Å². The number of carboxylic acid groups (broad SMARTS) is 1. The maximum atomic E-state index is 13.4. The molecule has 34 heavy (non-hydrogen) atoms. The number of nitrogens with zero attached hydrogens (tertiary/aromatic N) is 2. The summed E-state index contributed by atoms with van der Waals surface area (Å²) < 4.78 is 12.9. The van der Waals surface area contributed by atoms with Crippen molar-refractivity contribution in [2.24, 2.45) is 0 Å². The van der Waals surface area contributed by atoms with Crippen molar-refractivity contribution in [3.05, 3.63) is 88.1 Å². The van der Waals surface area contributed by atoms with Crippen LogP contribution in [0.25, 0.3) is 10.9 Å². The molecule has 8 nitrogen and oxygen atoms in total. The lowest BCUT2D eigenvalue weighted by molar-refractivity contribution is 0.0696. The molecule has 0 unspecified atom stereocenters. The van der Waals surface area contributed by atoms with Gasteiger partial charge >= 0.3 is 5.97 Å². The summed E-state index contributed by atoms with van der Waals surface area (Å²) in [5, 5.41) is 17.9. The molecule has 1 atom stereocenters. The number of nitrogens with one attached hydrogen (secondary N) is 1. The molecule has 2 N–H and O–H groups in total. The molecule has 0 radical (unpaired) electrons. The van der Waals surface area contributed by atoms with Crippen molar-refractivity contribution >= 4 is 34.4 Å². The Morgan fingerprint density at radius 2 is 1.97 bits per heavy atom. The Morgan fingerprint density at radius 1 is 1.18 bits per heavy atom. The molecular weight excluding hydrogens is 458 g/mol.